The van der Waals surface area contributed by atoms with Crippen molar-refractivity contribution in [3.05, 3.63) is 40.3 Å². The van der Waals surface area contributed by atoms with Crippen molar-refractivity contribution in [1.29, 1.82) is 0 Å². The van der Waals surface area contributed by atoms with Gasteiger partial charge in [-0.2, -0.15) is 4.31 Å². The Bertz CT molecular complexity index is 952. The fraction of sp³-hybridized carbons (Fsp3) is 0.500. The Morgan fingerprint density at radius 3 is 2.69 bits per heavy atom. The van der Waals surface area contributed by atoms with Gasteiger partial charge in [0.15, 0.2) is 0 Å². The van der Waals surface area contributed by atoms with Crippen LogP contribution in [0.5, 0.6) is 0 Å². The molecule has 2 heterocycles. The van der Waals surface area contributed by atoms with Gasteiger partial charge in [-0.15, -0.1) is 11.3 Å². The van der Waals surface area contributed by atoms with Gasteiger partial charge in [0.25, 0.3) is 0 Å². The monoisotopic (exact) mass is 436 g/mol. The third kappa shape index (κ3) is 5.42. The number of anilines is 1. The minimum Gasteiger partial charge on any atom is -0.325 e. The summed E-state index contributed by atoms with van der Waals surface area (Å²) >= 11 is 1.61. The Labute approximate surface area is 176 Å². The Hall–Kier alpha value is -1.81. The molecule has 0 spiro atoms. The van der Waals surface area contributed by atoms with E-state index in [1.54, 1.807) is 35.6 Å². The number of hydrogen-bond donors (Lipinski definition) is 1. The fourth-order valence-electron chi connectivity index (χ4n) is 3.30. The average molecular weight is 437 g/mol. The first kappa shape index (κ1) is 21.9. The molecule has 1 N–H and O–H groups in total. The van der Waals surface area contributed by atoms with Crippen LogP contribution in [0.1, 0.15) is 36.1 Å². The third-order valence-corrected chi connectivity index (χ3v) is 7.96. The Morgan fingerprint density at radius 1 is 1.31 bits per heavy atom. The molecule has 1 aliphatic rings. The van der Waals surface area contributed by atoms with Crippen LogP contribution in [-0.2, 0) is 21.4 Å². The van der Waals surface area contributed by atoms with Gasteiger partial charge in [0, 0.05) is 36.4 Å². The lowest BCUT2D eigenvalue weighted by Gasteiger charge is -2.26. The van der Waals surface area contributed by atoms with Gasteiger partial charge < -0.3 is 5.32 Å². The molecule has 158 valence electrons. The lowest BCUT2D eigenvalue weighted by molar-refractivity contribution is -0.120. The van der Waals surface area contributed by atoms with Gasteiger partial charge >= 0.3 is 0 Å². The van der Waals surface area contributed by atoms with Crippen molar-refractivity contribution in [2.24, 2.45) is 0 Å². The van der Waals surface area contributed by atoms with Crippen LogP contribution >= 0.6 is 11.3 Å². The lowest BCUT2D eigenvalue weighted by atomic mass is 10.2. The number of thiazole rings is 1. The van der Waals surface area contributed by atoms with Crippen molar-refractivity contribution in [3.8, 4) is 0 Å². The zero-order valence-electron chi connectivity index (χ0n) is 17.1. The van der Waals surface area contributed by atoms with Gasteiger partial charge in [-0.05, 0) is 51.9 Å². The zero-order valence-corrected chi connectivity index (χ0v) is 18.7. The van der Waals surface area contributed by atoms with Gasteiger partial charge in [-0.1, -0.05) is 12.5 Å². The highest BCUT2D eigenvalue weighted by Crippen LogP contribution is 2.23. The molecular formula is C20H28N4O3S2. The Kier molecular flexibility index (Phi) is 7.05. The number of amides is 1. The largest absolute Gasteiger partial charge is 0.325 e. The number of sulfonamides is 1. The molecule has 1 amide bonds. The molecular weight excluding hydrogens is 408 g/mol. The number of likely N-dealkylation sites (N-methyl/N-ethyl adjacent to an activating group) is 1. The second-order valence-electron chi connectivity index (χ2n) is 7.42. The van der Waals surface area contributed by atoms with E-state index in [4.69, 9.17) is 0 Å². The molecule has 1 atom stereocenters. The number of nitrogens with zero attached hydrogens (tertiary/aromatic N) is 3. The van der Waals surface area contributed by atoms with Crippen LogP contribution in [0.3, 0.4) is 0 Å². The summed E-state index contributed by atoms with van der Waals surface area (Å²) in [6.45, 7) is 5.52. The van der Waals surface area contributed by atoms with E-state index in [0.29, 0.717) is 25.3 Å². The normalized spacial score (nSPS) is 16.7. The second-order valence-corrected chi connectivity index (χ2v) is 10.7. The van der Waals surface area contributed by atoms with E-state index in [-0.39, 0.29) is 16.8 Å². The fourth-order valence-corrected chi connectivity index (χ4v) is 5.72. The van der Waals surface area contributed by atoms with Crippen LogP contribution < -0.4 is 5.32 Å². The molecule has 1 saturated heterocycles. The Balaban J connectivity index is 1.66. The summed E-state index contributed by atoms with van der Waals surface area (Å²) in [6, 6.07) is 6.13. The van der Waals surface area contributed by atoms with Crippen molar-refractivity contribution < 1.29 is 13.2 Å². The number of nitrogens with one attached hydrogen (secondary N) is 1. The standard InChI is InChI=1S/C20H28N4O3S2/c1-15(23(3)14-18-13-21-16(2)28-18)20(25)22-17-8-7-9-19(12-17)29(26,27)24-10-5-4-6-11-24/h7-9,12-13,15H,4-6,10-11,14H2,1-3H3,(H,22,25)/t15-/m0/s1. The number of rotatable bonds is 7. The van der Waals surface area contributed by atoms with E-state index in [1.807, 2.05) is 32.0 Å². The highest BCUT2D eigenvalue weighted by atomic mass is 32.2. The summed E-state index contributed by atoms with van der Waals surface area (Å²) in [6.07, 6.45) is 4.67. The maximum Gasteiger partial charge on any atom is 0.243 e. The quantitative estimate of drug-likeness (QED) is 0.721. The number of aryl methyl sites for hydroxylation is 1. The number of carbonyl (C=O) groups excluding carboxylic acids is 1. The van der Waals surface area contributed by atoms with E-state index < -0.39 is 10.0 Å². The molecule has 2 aromatic rings. The lowest BCUT2D eigenvalue weighted by Crippen LogP contribution is -2.39. The summed E-state index contributed by atoms with van der Waals surface area (Å²) in [5, 5.41) is 3.85. The molecule has 7 nitrogen and oxygen atoms in total. The van der Waals surface area contributed by atoms with Gasteiger partial charge in [-0.3, -0.25) is 9.69 Å². The first-order chi connectivity index (χ1) is 13.8. The van der Waals surface area contributed by atoms with Crippen molar-refractivity contribution in [3.63, 3.8) is 0 Å². The summed E-state index contributed by atoms with van der Waals surface area (Å²) in [5.74, 6) is -0.179. The van der Waals surface area contributed by atoms with Crippen molar-refractivity contribution in [1.82, 2.24) is 14.2 Å². The predicted octanol–water partition coefficient (Wildman–Crippen LogP) is 3.09. The third-order valence-electron chi connectivity index (χ3n) is 5.17. The Morgan fingerprint density at radius 2 is 2.03 bits per heavy atom. The molecule has 0 radical (unpaired) electrons. The molecule has 0 unspecified atom stereocenters. The van der Waals surface area contributed by atoms with Crippen LogP contribution in [0.25, 0.3) is 0 Å². The van der Waals surface area contributed by atoms with Crippen LogP contribution in [0.4, 0.5) is 5.69 Å². The molecule has 0 aliphatic carbocycles. The number of carbonyl (C=O) groups is 1. The molecule has 1 aromatic carbocycles. The summed E-state index contributed by atoms with van der Waals surface area (Å²) < 4.78 is 27.3. The predicted molar refractivity (Wildman–Crippen MR) is 115 cm³/mol. The molecule has 1 aromatic heterocycles. The average Bonchev–Trinajstić information content (AvgIpc) is 3.12. The second kappa shape index (κ2) is 9.34. The van der Waals surface area contributed by atoms with Crippen LogP contribution in [0, 0.1) is 6.92 Å². The van der Waals surface area contributed by atoms with E-state index in [0.717, 1.165) is 29.1 Å². The maximum absolute atomic E-state index is 12.9. The number of benzene rings is 1. The smallest absolute Gasteiger partial charge is 0.243 e. The van der Waals surface area contributed by atoms with Crippen LogP contribution in [-0.4, -0.2) is 54.7 Å². The first-order valence-corrected chi connectivity index (χ1v) is 12.1. The van der Waals surface area contributed by atoms with Gasteiger partial charge in [-0.25, -0.2) is 13.4 Å². The minimum atomic E-state index is -3.53. The molecule has 9 heteroatoms. The first-order valence-electron chi connectivity index (χ1n) is 9.80. The molecule has 1 fully saturated rings. The SMILES string of the molecule is Cc1ncc(CN(C)[C@@H](C)C(=O)Nc2cccc(S(=O)(=O)N3CCCCC3)c2)s1. The van der Waals surface area contributed by atoms with E-state index in [1.165, 1.54) is 4.31 Å². The molecule has 29 heavy (non-hydrogen) atoms. The molecule has 0 bridgehead atoms. The van der Waals surface area contributed by atoms with Crippen LogP contribution in [0.2, 0.25) is 0 Å². The summed E-state index contributed by atoms with van der Waals surface area (Å²) in [4.78, 5) is 20.2. The van der Waals surface area contributed by atoms with Crippen LogP contribution in [0.15, 0.2) is 35.4 Å². The van der Waals surface area contributed by atoms with Crippen molar-refractivity contribution >= 4 is 33.0 Å². The van der Waals surface area contributed by atoms with E-state index in [2.05, 4.69) is 10.3 Å². The maximum atomic E-state index is 12.9. The summed E-state index contributed by atoms with van der Waals surface area (Å²) in [5.41, 5.74) is 0.488. The van der Waals surface area contributed by atoms with Crippen molar-refractivity contribution in [2.45, 2.75) is 50.6 Å². The van der Waals surface area contributed by atoms with Gasteiger partial charge in [0.2, 0.25) is 15.9 Å². The van der Waals surface area contributed by atoms with Crippen molar-refractivity contribution in [2.75, 3.05) is 25.5 Å². The summed E-state index contributed by atoms with van der Waals surface area (Å²) in [7, 11) is -1.64. The highest BCUT2D eigenvalue weighted by Gasteiger charge is 2.26. The zero-order chi connectivity index (χ0) is 21.0. The number of hydrogen-bond acceptors (Lipinski definition) is 6. The number of aromatic nitrogens is 1. The molecule has 1 aliphatic heterocycles. The van der Waals surface area contributed by atoms with E-state index in [9.17, 15) is 13.2 Å². The van der Waals surface area contributed by atoms with Gasteiger partial charge in [0.05, 0.1) is 15.9 Å². The minimum absolute atomic E-state index is 0.179. The topological polar surface area (TPSA) is 82.6 Å². The molecule has 0 saturated carbocycles. The van der Waals surface area contributed by atoms with Gasteiger partial charge in [0.1, 0.15) is 0 Å². The highest BCUT2D eigenvalue weighted by molar-refractivity contribution is 7.89. The number of piperidine rings is 1. The van der Waals surface area contributed by atoms with E-state index >= 15 is 0 Å². The molecule has 3 rings (SSSR count).